The molecule has 1 aromatic heterocycles. The molecule has 3 N–H and O–H groups in total. The van der Waals surface area contributed by atoms with Crippen molar-refractivity contribution in [3.63, 3.8) is 0 Å². The summed E-state index contributed by atoms with van der Waals surface area (Å²) in [6.45, 7) is 2.22. The van der Waals surface area contributed by atoms with E-state index in [1.807, 2.05) is 25.1 Å². The number of nitrogens with zero attached hydrogens (tertiary/aromatic N) is 3. The second-order valence-electron chi connectivity index (χ2n) is 9.80. The first-order valence-corrected chi connectivity index (χ1v) is 13.3. The normalized spacial score (nSPS) is 17.6. The molecule has 1 aliphatic heterocycles. The fourth-order valence-corrected chi connectivity index (χ4v) is 4.94. The lowest BCUT2D eigenvalue weighted by atomic mass is 10.0. The Bertz CT molecular complexity index is 1590. The number of carboxylic acids is 1. The number of halogens is 4. The molecule has 218 valence electrons. The number of carboxylic acid groups (broad SMARTS) is 1. The summed E-state index contributed by atoms with van der Waals surface area (Å²) in [5.74, 6) is -1.26. The van der Waals surface area contributed by atoms with Gasteiger partial charge in [0.25, 0.3) is 5.91 Å². The Kier molecular flexibility index (Phi) is 8.08. The van der Waals surface area contributed by atoms with Crippen molar-refractivity contribution >= 4 is 29.3 Å². The first-order valence-electron chi connectivity index (χ1n) is 12.9. The summed E-state index contributed by atoms with van der Waals surface area (Å²) in [7, 11) is 0. The van der Waals surface area contributed by atoms with Gasteiger partial charge in [0.2, 0.25) is 0 Å². The number of rotatable bonds is 9. The van der Waals surface area contributed by atoms with Gasteiger partial charge in [-0.25, -0.2) is 0 Å². The first-order chi connectivity index (χ1) is 19.9. The van der Waals surface area contributed by atoms with Crippen LogP contribution in [0.25, 0.3) is 11.3 Å². The lowest BCUT2D eigenvalue weighted by Gasteiger charge is -2.19. The van der Waals surface area contributed by atoms with Crippen LogP contribution in [0.2, 0.25) is 5.02 Å². The van der Waals surface area contributed by atoms with Gasteiger partial charge in [0.05, 0.1) is 30.7 Å². The third kappa shape index (κ3) is 7.00. The maximum absolute atomic E-state index is 12.7. The standard InChI is InChI=1S/C29H25ClF3N5O4/c1-16-10-19(12-20(30)11-16)23-14-25(27-35-22-7-6-21(13-24(22)36-27)42-29(31,32)33)38(37-23)15-17-2-4-18(5-3-17)28(41)34-9-8-26(39)40/h2-7,10-14,22,24H,8-9,15H2,1H3,(H,34,41)(H,35,36)(H,39,40). The molecular formula is C29H25ClF3N5O4. The van der Waals surface area contributed by atoms with E-state index in [9.17, 15) is 22.8 Å². The molecule has 0 spiro atoms. The second kappa shape index (κ2) is 11.7. The van der Waals surface area contributed by atoms with Crippen LogP contribution < -0.4 is 10.6 Å². The van der Waals surface area contributed by atoms with Gasteiger partial charge in [0.1, 0.15) is 17.3 Å². The highest BCUT2D eigenvalue weighted by Crippen LogP contribution is 2.29. The molecule has 0 saturated carbocycles. The number of hydrogen-bond acceptors (Lipinski definition) is 6. The molecule has 0 radical (unpaired) electrons. The van der Waals surface area contributed by atoms with Crippen LogP contribution in [-0.4, -0.2) is 57.6 Å². The molecule has 2 atom stereocenters. The zero-order valence-corrected chi connectivity index (χ0v) is 22.9. The van der Waals surface area contributed by atoms with Crippen molar-refractivity contribution < 1.29 is 32.6 Å². The number of ether oxygens (including phenoxy) is 1. The van der Waals surface area contributed by atoms with Crippen molar-refractivity contribution in [2.24, 2.45) is 4.99 Å². The number of carbonyl (C=O) groups is 2. The maximum atomic E-state index is 12.7. The van der Waals surface area contributed by atoms with Gasteiger partial charge in [0.15, 0.2) is 0 Å². The minimum absolute atomic E-state index is 0.0175. The summed E-state index contributed by atoms with van der Waals surface area (Å²) in [4.78, 5) is 27.7. The monoisotopic (exact) mass is 599 g/mol. The Balaban J connectivity index is 1.41. The van der Waals surface area contributed by atoms with Crippen molar-refractivity contribution in [1.82, 2.24) is 20.4 Å². The number of carbonyl (C=O) groups excluding carboxylic acids is 1. The number of fused-ring (bicyclic) bond motifs is 1. The molecule has 3 aromatic rings. The summed E-state index contributed by atoms with van der Waals surface area (Å²) in [6, 6.07) is 13.2. The van der Waals surface area contributed by atoms with E-state index in [0.29, 0.717) is 34.4 Å². The number of hydrogen-bond donors (Lipinski definition) is 3. The Labute approximate surface area is 243 Å². The van der Waals surface area contributed by atoms with E-state index in [1.54, 1.807) is 41.1 Å². The van der Waals surface area contributed by atoms with Crippen LogP contribution in [-0.2, 0) is 16.1 Å². The van der Waals surface area contributed by atoms with Gasteiger partial charge in [-0.1, -0.05) is 29.8 Å². The highest BCUT2D eigenvalue weighted by Gasteiger charge is 2.35. The van der Waals surface area contributed by atoms with Gasteiger partial charge < -0.3 is 20.5 Å². The largest absolute Gasteiger partial charge is 0.573 e. The smallest absolute Gasteiger partial charge is 0.481 e. The fourth-order valence-electron chi connectivity index (χ4n) is 4.65. The molecule has 9 nitrogen and oxygen atoms in total. The van der Waals surface area contributed by atoms with Crippen LogP contribution >= 0.6 is 11.6 Å². The van der Waals surface area contributed by atoms with E-state index >= 15 is 0 Å². The minimum atomic E-state index is -4.80. The number of aromatic nitrogens is 2. The molecule has 1 aliphatic carbocycles. The van der Waals surface area contributed by atoms with E-state index in [2.05, 4.69) is 20.4 Å². The number of alkyl halides is 3. The molecule has 2 aromatic carbocycles. The second-order valence-corrected chi connectivity index (χ2v) is 10.2. The topological polar surface area (TPSA) is 118 Å². The highest BCUT2D eigenvalue weighted by molar-refractivity contribution is 6.31. The van der Waals surface area contributed by atoms with Gasteiger partial charge >= 0.3 is 12.3 Å². The molecule has 1 amide bonds. The third-order valence-electron chi connectivity index (χ3n) is 6.52. The van der Waals surface area contributed by atoms with Gasteiger partial charge in [-0.05, 0) is 66.6 Å². The maximum Gasteiger partial charge on any atom is 0.573 e. The molecule has 0 saturated heterocycles. The molecule has 2 aliphatic rings. The van der Waals surface area contributed by atoms with E-state index < -0.39 is 24.4 Å². The summed E-state index contributed by atoms with van der Waals surface area (Å²) < 4.78 is 44.0. The molecule has 5 rings (SSSR count). The lowest BCUT2D eigenvalue weighted by molar-refractivity contribution is -0.303. The van der Waals surface area contributed by atoms with Crippen molar-refractivity contribution in [3.05, 3.63) is 99.9 Å². The van der Waals surface area contributed by atoms with E-state index in [1.165, 1.54) is 12.2 Å². The lowest BCUT2D eigenvalue weighted by Crippen LogP contribution is -2.35. The number of allylic oxidation sites excluding steroid dienone is 1. The van der Waals surface area contributed by atoms with Crippen LogP contribution in [0.5, 0.6) is 0 Å². The number of nitrogens with one attached hydrogen (secondary N) is 2. The van der Waals surface area contributed by atoms with E-state index in [-0.39, 0.29) is 24.6 Å². The number of aryl methyl sites for hydroxylation is 1. The zero-order chi connectivity index (χ0) is 30.0. The average Bonchev–Trinajstić information content (AvgIpc) is 3.51. The van der Waals surface area contributed by atoms with Gasteiger partial charge in [-0.15, -0.1) is 13.2 Å². The Morgan fingerprint density at radius 3 is 2.62 bits per heavy atom. The summed E-state index contributed by atoms with van der Waals surface area (Å²) >= 11 is 6.29. The predicted octanol–water partition coefficient (Wildman–Crippen LogP) is 4.84. The van der Waals surface area contributed by atoms with E-state index in [0.717, 1.165) is 16.7 Å². The van der Waals surface area contributed by atoms with Crippen LogP contribution in [0.15, 0.2) is 77.5 Å². The molecule has 2 heterocycles. The van der Waals surface area contributed by atoms with Crippen molar-refractivity contribution in [1.29, 1.82) is 0 Å². The Morgan fingerprint density at radius 2 is 1.93 bits per heavy atom. The number of amidine groups is 1. The van der Waals surface area contributed by atoms with Gasteiger partial charge in [-0.2, -0.15) is 5.10 Å². The van der Waals surface area contributed by atoms with Crippen LogP contribution in [0.3, 0.4) is 0 Å². The minimum Gasteiger partial charge on any atom is -0.481 e. The van der Waals surface area contributed by atoms with Crippen LogP contribution in [0.1, 0.15) is 33.6 Å². The summed E-state index contributed by atoms with van der Waals surface area (Å²) in [6.07, 6.45) is -0.838. The molecule has 42 heavy (non-hydrogen) atoms. The highest BCUT2D eigenvalue weighted by atomic mass is 35.5. The van der Waals surface area contributed by atoms with E-state index in [4.69, 9.17) is 21.8 Å². The average molecular weight is 600 g/mol. The van der Waals surface area contributed by atoms with Crippen molar-refractivity contribution in [2.45, 2.75) is 38.3 Å². The van der Waals surface area contributed by atoms with Crippen molar-refractivity contribution in [3.8, 4) is 11.3 Å². The molecule has 2 unspecified atom stereocenters. The molecular weight excluding hydrogens is 575 g/mol. The van der Waals surface area contributed by atoms with Crippen molar-refractivity contribution in [2.75, 3.05) is 6.54 Å². The molecule has 0 bridgehead atoms. The van der Waals surface area contributed by atoms with Gasteiger partial charge in [0, 0.05) is 22.7 Å². The predicted molar refractivity (Wildman–Crippen MR) is 149 cm³/mol. The zero-order valence-electron chi connectivity index (χ0n) is 22.2. The third-order valence-corrected chi connectivity index (χ3v) is 6.74. The SMILES string of the molecule is Cc1cc(Cl)cc(-c2cc(C3=NC4C=CC(OC(F)(F)F)=CC4N3)n(Cc3ccc(C(=O)NCCC(=O)O)cc3)n2)c1. The quantitative estimate of drug-likeness (QED) is 0.324. The number of benzene rings is 2. The number of amides is 1. The molecule has 0 fully saturated rings. The van der Waals surface area contributed by atoms with Crippen LogP contribution in [0, 0.1) is 6.92 Å². The van der Waals surface area contributed by atoms with Gasteiger partial charge in [-0.3, -0.25) is 19.3 Å². The Hall–Kier alpha value is -4.58. The Morgan fingerprint density at radius 1 is 1.17 bits per heavy atom. The summed E-state index contributed by atoms with van der Waals surface area (Å²) in [5.41, 5.74) is 4.14. The van der Waals surface area contributed by atoms with Crippen LogP contribution in [0.4, 0.5) is 13.2 Å². The number of aliphatic imine (C=N–C) groups is 1. The first kappa shape index (κ1) is 28.9. The number of aliphatic carboxylic acids is 1. The fraction of sp³-hybridized carbons (Fsp3) is 0.241. The molecule has 13 heteroatoms. The summed E-state index contributed by atoms with van der Waals surface area (Å²) in [5, 5.41) is 19.8.